The van der Waals surface area contributed by atoms with E-state index in [9.17, 15) is 22.4 Å². The molecule has 182 valence electrons. The molecule has 4 rings (SSSR count). The van der Waals surface area contributed by atoms with Crippen LogP contribution in [0.1, 0.15) is 49.4 Å². The van der Waals surface area contributed by atoms with Gasteiger partial charge in [0.15, 0.2) is 5.78 Å². The van der Waals surface area contributed by atoms with Gasteiger partial charge in [0.05, 0.1) is 16.3 Å². The fourth-order valence-electron chi connectivity index (χ4n) is 4.64. The summed E-state index contributed by atoms with van der Waals surface area (Å²) in [4.78, 5) is 26.9. The maximum atomic E-state index is 14.0. The molecule has 0 aliphatic carbocycles. The fraction of sp³-hybridized carbons (Fsp3) is 0.440. The Kier molecular flexibility index (Phi) is 7.33. The van der Waals surface area contributed by atoms with E-state index in [1.807, 2.05) is 0 Å². The average molecular weight is 488 g/mol. The Balaban J connectivity index is 1.42. The Morgan fingerprint density at radius 3 is 2.35 bits per heavy atom. The number of benzene rings is 2. The first-order chi connectivity index (χ1) is 16.3. The molecule has 0 aromatic heterocycles. The summed E-state index contributed by atoms with van der Waals surface area (Å²) in [5.41, 5.74) is 1.62. The Hall–Kier alpha value is -2.78. The lowest BCUT2D eigenvalue weighted by molar-refractivity contribution is -0.120. The minimum Gasteiger partial charge on any atom is -0.370 e. The van der Waals surface area contributed by atoms with E-state index in [0.29, 0.717) is 24.1 Å². The first-order valence-electron chi connectivity index (χ1n) is 11.7. The van der Waals surface area contributed by atoms with Crippen LogP contribution < -0.4 is 10.2 Å². The summed E-state index contributed by atoms with van der Waals surface area (Å²) in [7, 11) is -3.76. The van der Waals surface area contributed by atoms with E-state index in [-0.39, 0.29) is 35.6 Å². The van der Waals surface area contributed by atoms with Gasteiger partial charge >= 0.3 is 0 Å². The Morgan fingerprint density at radius 2 is 1.68 bits per heavy atom. The summed E-state index contributed by atoms with van der Waals surface area (Å²) in [6.07, 6.45) is 4.03. The molecule has 0 saturated carbocycles. The molecule has 0 radical (unpaired) electrons. The van der Waals surface area contributed by atoms with Crippen molar-refractivity contribution in [1.29, 1.82) is 0 Å². The standard InChI is InChI=1S/C25H30FN3O4S/c1-18(30)20-6-5-7-22(16-20)34(32,33)29-14-10-19(11-15-29)25(31)27-23-17-21(26)8-9-24(23)28-12-3-2-4-13-28/h5-9,16-17,19H,2-4,10-15H2,1H3,(H,27,31). The van der Waals surface area contributed by atoms with Gasteiger partial charge in [-0.25, -0.2) is 12.8 Å². The van der Waals surface area contributed by atoms with Crippen molar-refractivity contribution in [1.82, 2.24) is 4.31 Å². The van der Waals surface area contributed by atoms with Gasteiger partial charge in [0, 0.05) is 37.7 Å². The minimum absolute atomic E-state index is 0.0778. The van der Waals surface area contributed by atoms with E-state index in [1.54, 1.807) is 18.2 Å². The van der Waals surface area contributed by atoms with Crippen molar-refractivity contribution in [3.8, 4) is 0 Å². The lowest BCUT2D eigenvalue weighted by Gasteiger charge is -2.32. The number of sulfonamides is 1. The molecular weight excluding hydrogens is 457 g/mol. The van der Waals surface area contributed by atoms with Crippen molar-refractivity contribution in [2.75, 3.05) is 36.4 Å². The zero-order valence-corrected chi connectivity index (χ0v) is 20.1. The number of amides is 1. The van der Waals surface area contributed by atoms with E-state index >= 15 is 0 Å². The molecule has 2 fully saturated rings. The summed E-state index contributed by atoms with van der Waals surface area (Å²) < 4.78 is 41.4. The van der Waals surface area contributed by atoms with E-state index < -0.39 is 15.8 Å². The normalized spacial score (nSPS) is 18.0. The third-order valence-corrected chi connectivity index (χ3v) is 8.51. The van der Waals surface area contributed by atoms with Gasteiger partial charge in [-0.1, -0.05) is 12.1 Å². The average Bonchev–Trinajstić information content (AvgIpc) is 2.85. The van der Waals surface area contributed by atoms with Gasteiger partial charge in [0.1, 0.15) is 5.82 Å². The SMILES string of the molecule is CC(=O)c1cccc(S(=O)(=O)N2CCC(C(=O)Nc3cc(F)ccc3N3CCCCC3)CC2)c1. The van der Waals surface area contributed by atoms with Crippen LogP contribution in [0.3, 0.4) is 0 Å². The van der Waals surface area contributed by atoms with Crippen molar-refractivity contribution in [2.24, 2.45) is 5.92 Å². The first-order valence-corrected chi connectivity index (χ1v) is 13.2. The number of Topliss-reactive ketones (excluding diaryl/α,β-unsaturated/α-hetero) is 1. The summed E-state index contributed by atoms with van der Waals surface area (Å²) >= 11 is 0. The number of carbonyl (C=O) groups excluding carboxylic acids is 2. The number of nitrogens with zero attached hydrogens (tertiary/aromatic N) is 2. The molecule has 0 spiro atoms. The molecule has 34 heavy (non-hydrogen) atoms. The van der Waals surface area contributed by atoms with Crippen LogP contribution in [0.25, 0.3) is 0 Å². The highest BCUT2D eigenvalue weighted by atomic mass is 32.2. The van der Waals surface area contributed by atoms with Crippen LogP contribution in [0.15, 0.2) is 47.4 Å². The smallest absolute Gasteiger partial charge is 0.243 e. The monoisotopic (exact) mass is 487 g/mol. The lowest BCUT2D eigenvalue weighted by Crippen LogP contribution is -2.41. The predicted octanol–water partition coefficient (Wildman–Crippen LogP) is 4.06. The number of ketones is 1. The number of halogens is 1. The van der Waals surface area contributed by atoms with Crippen LogP contribution in [0.2, 0.25) is 0 Å². The highest BCUT2D eigenvalue weighted by Crippen LogP contribution is 2.31. The maximum absolute atomic E-state index is 14.0. The minimum atomic E-state index is -3.76. The van der Waals surface area contributed by atoms with Gasteiger partial charge in [0.2, 0.25) is 15.9 Å². The molecule has 0 atom stereocenters. The van der Waals surface area contributed by atoms with E-state index in [1.165, 1.54) is 41.9 Å². The highest BCUT2D eigenvalue weighted by Gasteiger charge is 2.32. The second-order valence-corrected chi connectivity index (χ2v) is 10.9. The number of nitrogens with one attached hydrogen (secondary N) is 1. The van der Waals surface area contributed by atoms with Gasteiger partial charge in [-0.05, 0) is 69.4 Å². The third kappa shape index (κ3) is 5.31. The van der Waals surface area contributed by atoms with Gasteiger partial charge in [-0.2, -0.15) is 4.31 Å². The fourth-order valence-corrected chi connectivity index (χ4v) is 6.15. The van der Waals surface area contributed by atoms with E-state index in [4.69, 9.17) is 0 Å². The molecule has 2 aromatic rings. The van der Waals surface area contributed by atoms with Crippen LogP contribution in [0.5, 0.6) is 0 Å². The topological polar surface area (TPSA) is 86.8 Å². The Labute approximate surface area is 200 Å². The quantitative estimate of drug-likeness (QED) is 0.621. The van der Waals surface area contributed by atoms with Gasteiger partial charge in [-0.3, -0.25) is 9.59 Å². The van der Waals surface area contributed by atoms with Crippen molar-refractivity contribution in [3.63, 3.8) is 0 Å². The van der Waals surface area contributed by atoms with Gasteiger partial charge in [0.25, 0.3) is 0 Å². The third-order valence-electron chi connectivity index (χ3n) is 6.62. The highest BCUT2D eigenvalue weighted by molar-refractivity contribution is 7.89. The van der Waals surface area contributed by atoms with Crippen LogP contribution in [0.4, 0.5) is 15.8 Å². The van der Waals surface area contributed by atoms with Crippen LogP contribution in [0, 0.1) is 11.7 Å². The first kappa shape index (κ1) is 24.3. The second kappa shape index (κ2) is 10.2. The molecule has 2 aliphatic heterocycles. The van der Waals surface area contributed by atoms with Gasteiger partial charge < -0.3 is 10.2 Å². The molecule has 1 amide bonds. The molecular formula is C25H30FN3O4S. The zero-order valence-electron chi connectivity index (χ0n) is 19.3. The molecule has 2 aliphatic rings. The number of carbonyl (C=O) groups is 2. The van der Waals surface area contributed by atoms with Crippen LogP contribution in [-0.4, -0.2) is 50.6 Å². The summed E-state index contributed by atoms with van der Waals surface area (Å²) in [5.74, 6) is -1.20. The number of hydrogen-bond acceptors (Lipinski definition) is 5. The molecule has 0 bridgehead atoms. The largest absolute Gasteiger partial charge is 0.370 e. The summed E-state index contributed by atoms with van der Waals surface area (Å²) in [6.45, 7) is 3.54. The maximum Gasteiger partial charge on any atom is 0.243 e. The molecule has 0 unspecified atom stereocenters. The summed E-state index contributed by atoms with van der Waals surface area (Å²) in [6, 6.07) is 10.5. The van der Waals surface area contributed by atoms with Crippen molar-refractivity contribution >= 4 is 33.1 Å². The van der Waals surface area contributed by atoms with Crippen molar-refractivity contribution < 1.29 is 22.4 Å². The van der Waals surface area contributed by atoms with E-state index in [0.717, 1.165) is 31.6 Å². The predicted molar refractivity (Wildman–Crippen MR) is 129 cm³/mol. The molecule has 2 saturated heterocycles. The number of piperidine rings is 2. The van der Waals surface area contributed by atoms with Crippen molar-refractivity contribution in [2.45, 2.75) is 43.9 Å². The molecule has 2 aromatic carbocycles. The molecule has 7 nitrogen and oxygen atoms in total. The van der Waals surface area contributed by atoms with E-state index in [2.05, 4.69) is 10.2 Å². The molecule has 2 heterocycles. The second-order valence-electron chi connectivity index (χ2n) is 8.96. The molecule has 9 heteroatoms. The number of anilines is 2. The summed E-state index contributed by atoms with van der Waals surface area (Å²) in [5, 5.41) is 2.90. The lowest BCUT2D eigenvalue weighted by atomic mass is 9.97. The number of rotatable bonds is 6. The van der Waals surface area contributed by atoms with Crippen LogP contribution in [-0.2, 0) is 14.8 Å². The zero-order chi connectivity index (χ0) is 24.3. The van der Waals surface area contributed by atoms with Crippen molar-refractivity contribution in [3.05, 3.63) is 53.8 Å². The molecule has 1 N–H and O–H groups in total. The van der Waals surface area contributed by atoms with Crippen LogP contribution >= 0.6 is 0 Å². The van der Waals surface area contributed by atoms with Gasteiger partial charge in [-0.15, -0.1) is 0 Å². The Morgan fingerprint density at radius 1 is 0.971 bits per heavy atom. The Bertz CT molecular complexity index is 1170. The number of hydrogen-bond donors (Lipinski definition) is 1.